The summed E-state index contributed by atoms with van der Waals surface area (Å²) in [4.78, 5) is 4.33. The summed E-state index contributed by atoms with van der Waals surface area (Å²) >= 11 is 3.42. The molecule has 18 heavy (non-hydrogen) atoms. The third kappa shape index (κ3) is 2.24. The summed E-state index contributed by atoms with van der Waals surface area (Å²) in [5.41, 5.74) is 2.06. The molecular formula is C14H11BrN2O. The quantitative estimate of drug-likeness (QED) is 0.788. The van der Waals surface area contributed by atoms with Gasteiger partial charge in [0, 0.05) is 17.2 Å². The zero-order valence-electron chi connectivity index (χ0n) is 9.56. The molecule has 0 aliphatic carbocycles. The van der Waals surface area contributed by atoms with Crippen LogP contribution in [-0.4, -0.2) is 4.98 Å². The van der Waals surface area contributed by atoms with Crippen molar-refractivity contribution in [2.24, 2.45) is 0 Å². The van der Waals surface area contributed by atoms with Gasteiger partial charge in [0.25, 0.3) is 0 Å². The molecule has 0 aliphatic rings. The van der Waals surface area contributed by atoms with Crippen LogP contribution in [0.15, 0.2) is 57.7 Å². The maximum Gasteiger partial charge on any atom is 0.139 e. The van der Waals surface area contributed by atoms with E-state index in [1.54, 1.807) is 12.5 Å². The van der Waals surface area contributed by atoms with E-state index in [1.807, 2.05) is 24.3 Å². The number of benzene rings is 1. The van der Waals surface area contributed by atoms with Gasteiger partial charge in [-0.1, -0.05) is 28.1 Å². The Morgan fingerprint density at radius 3 is 2.78 bits per heavy atom. The van der Waals surface area contributed by atoms with Gasteiger partial charge in [0.05, 0.1) is 11.6 Å². The van der Waals surface area contributed by atoms with E-state index in [0.29, 0.717) is 0 Å². The zero-order chi connectivity index (χ0) is 12.4. The number of hydrogen-bond donors (Lipinski definition) is 1. The molecule has 0 spiro atoms. The average molecular weight is 303 g/mol. The molecule has 90 valence electrons. The van der Waals surface area contributed by atoms with Crippen LogP contribution in [0.3, 0.4) is 0 Å². The van der Waals surface area contributed by atoms with Gasteiger partial charge >= 0.3 is 0 Å². The van der Waals surface area contributed by atoms with E-state index in [9.17, 15) is 0 Å². The van der Waals surface area contributed by atoms with E-state index in [4.69, 9.17) is 4.42 Å². The van der Waals surface area contributed by atoms with Crippen LogP contribution in [0.1, 0.15) is 5.56 Å². The van der Waals surface area contributed by atoms with Gasteiger partial charge in [0.15, 0.2) is 0 Å². The molecule has 3 nitrogen and oxygen atoms in total. The van der Waals surface area contributed by atoms with Crippen LogP contribution >= 0.6 is 15.9 Å². The van der Waals surface area contributed by atoms with Crippen LogP contribution in [0.25, 0.3) is 11.0 Å². The highest BCUT2D eigenvalue weighted by atomic mass is 79.9. The molecule has 0 saturated heterocycles. The first-order valence-corrected chi connectivity index (χ1v) is 6.43. The number of pyridine rings is 1. The maximum absolute atomic E-state index is 5.34. The molecule has 3 rings (SSSR count). The van der Waals surface area contributed by atoms with Crippen LogP contribution in [0.5, 0.6) is 0 Å². The van der Waals surface area contributed by atoms with Crippen LogP contribution in [0.4, 0.5) is 5.82 Å². The molecule has 0 saturated carbocycles. The molecule has 0 radical (unpaired) electrons. The van der Waals surface area contributed by atoms with Gasteiger partial charge in [-0.15, -0.1) is 0 Å². The molecule has 1 N–H and O–H groups in total. The first-order valence-electron chi connectivity index (χ1n) is 5.63. The van der Waals surface area contributed by atoms with Gasteiger partial charge in [-0.2, -0.15) is 0 Å². The standard InChI is InChI=1S/C14H11BrN2O/c15-11-3-1-10(2-4-11)9-17-14-12-6-8-18-13(12)5-7-16-14/h1-8H,9H2,(H,16,17). The highest BCUT2D eigenvalue weighted by Gasteiger charge is 2.03. The van der Waals surface area contributed by atoms with Crippen LogP contribution < -0.4 is 5.32 Å². The Hall–Kier alpha value is -1.81. The molecule has 1 aromatic carbocycles. The Labute approximate surface area is 113 Å². The molecule has 2 aromatic heterocycles. The van der Waals surface area contributed by atoms with Crippen molar-refractivity contribution >= 4 is 32.7 Å². The summed E-state index contributed by atoms with van der Waals surface area (Å²) in [5, 5.41) is 4.33. The minimum absolute atomic E-state index is 0.741. The van der Waals surface area contributed by atoms with E-state index in [0.717, 1.165) is 27.8 Å². The van der Waals surface area contributed by atoms with Gasteiger partial charge in [0.1, 0.15) is 11.4 Å². The molecule has 0 aliphatic heterocycles. The average Bonchev–Trinajstić information content (AvgIpc) is 2.87. The predicted octanol–water partition coefficient (Wildman–Crippen LogP) is 4.20. The summed E-state index contributed by atoms with van der Waals surface area (Å²) < 4.78 is 6.42. The minimum Gasteiger partial charge on any atom is -0.464 e. The molecule has 2 heterocycles. The highest BCUT2D eigenvalue weighted by Crippen LogP contribution is 2.22. The minimum atomic E-state index is 0.741. The van der Waals surface area contributed by atoms with Gasteiger partial charge in [-0.25, -0.2) is 4.98 Å². The Kier molecular flexibility index (Phi) is 3.02. The molecule has 3 aromatic rings. The van der Waals surface area contributed by atoms with Crippen LogP contribution in [0.2, 0.25) is 0 Å². The Balaban J connectivity index is 1.80. The molecule has 0 unspecified atom stereocenters. The predicted molar refractivity (Wildman–Crippen MR) is 75.5 cm³/mol. The second kappa shape index (κ2) is 4.82. The lowest BCUT2D eigenvalue weighted by Gasteiger charge is -2.06. The number of rotatable bonds is 3. The second-order valence-corrected chi connectivity index (χ2v) is 4.89. The van der Waals surface area contributed by atoms with Gasteiger partial charge in [-0.05, 0) is 29.8 Å². The molecule has 0 atom stereocenters. The second-order valence-electron chi connectivity index (χ2n) is 3.97. The topological polar surface area (TPSA) is 38.1 Å². The number of nitrogens with zero attached hydrogens (tertiary/aromatic N) is 1. The normalized spacial score (nSPS) is 10.7. The summed E-state index contributed by atoms with van der Waals surface area (Å²) in [7, 11) is 0. The first-order chi connectivity index (χ1) is 8.83. The lowest BCUT2D eigenvalue weighted by molar-refractivity contribution is 0.615. The van der Waals surface area contributed by atoms with Crippen molar-refractivity contribution in [2.45, 2.75) is 6.54 Å². The third-order valence-electron chi connectivity index (χ3n) is 2.75. The molecule has 0 fully saturated rings. The van der Waals surface area contributed by atoms with Crippen LogP contribution in [-0.2, 0) is 6.54 Å². The number of aromatic nitrogens is 1. The fourth-order valence-corrected chi connectivity index (χ4v) is 2.09. The van der Waals surface area contributed by atoms with Crippen molar-refractivity contribution in [1.29, 1.82) is 0 Å². The SMILES string of the molecule is Brc1ccc(CNc2nccc3occc23)cc1. The fraction of sp³-hybridized carbons (Fsp3) is 0.0714. The number of halogens is 1. The van der Waals surface area contributed by atoms with Gasteiger partial charge in [0.2, 0.25) is 0 Å². The van der Waals surface area contributed by atoms with Crippen molar-refractivity contribution in [3.63, 3.8) is 0 Å². The monoisotopic (exact) mass is 302 g/mol. The van der Waals surface area contributed by atoms with Crippen molar-refractivity contribution in [1.82, 2.24) is 4.98 Å². The molecule has 0 bridgehead atoms. The smallest absolute Gasteiger partial charge is 0.139 e. The number of fused-ring (bicyclic) bond motifs is 1. The Bertz CT molecular complexity index is 661. The summed E-state index contributed by atoms with van der Waals surface area (Å²) in [6.45, 7) is 0.741. The summed E-state index contributed by atoms with van der Waals surface area (Å²) in [6, 6.07) is 12.0. The van der Waals surface area contributed by atoms with Crippen LogP contribution in [0, 0.1) is 0 Å². The lowest BCUT2D eigenvalue weighted by Crippen LogP contribution is -2.01. The maximum atomic E-state index is 5.34. The number of nitrogens with one attached hydrogen (secondary N) is 1. The van der Waals surface area contributed by atoms with Gasteiger partial charge < -0.3 is 9.73 Å². The Morgan fingerprint density at radius 1 is 1.11 bits per heavy atom. The van der Waals surface area contributed by atoms with Crippen molar-refractivity contribution in [3.05, 3.63) is 58.9 Å². The van der Waals surface area contributed by atoms with E-state index >= 15 is 0 Å². The largest absolute Gasteiger partial charge is 0.464 e. The number of furan rings is 1. The summed E-state index contributed by atoms with van der Waals surface area (Å²) in [5.74, 6) is 0.851. The summed E-state index contributed by atoms with van der Waals surface area (Å²) in [6.07, 6.45) is 3.42. The highest BCUT2D eigenvalue weighted by molar-refractivity contribution is 9.10. The van der Waals surface area contributed by atoms with Crippen molar-refractivity contribution < 1.29 is 4.42 Å². The fourth-order valence-electron chi connectivity index (χ4n) is 1.82. The van der Waals surface area contributed by atoms with E-state index in [-0.39, 0.29) is 0 Å². The molecule has 4 heteroatoms. The zero-order valence-corrected chi connectivity index (χ0v) is 11.1. The Morgan fingerprint density at radius 2 is 1.94 bits per heavy atom. The molecule has 0 amide bonds. The van der Waals surface area contributed by atoms with Gasteiger partial charge in [-0.3, -0.25) is 0 Å². The third-order valence-corrected chi connectivity index (χ3v) is 3.28. The van der Waals surface area contributed by atoms with E-state index in [1.165, 1.54) is 5.56 Å². The lowest BCUT2D eigenvalue weighted by atomic mass is 10.2. The first kappa shape index (κ1) is 11.3. The van der Waals surface area contributed by atoms with E-state index in [2.05, 4.69) is 38.4 Å². The van der Waals surface area contributed by atoms with Crippen molar-refractivity contribution in [2.75, 3.05) is 5.32 Å². The van der Waals surface area contributed by atoms with Crippen molar-refractivity contribution in [3.8, 4) is 0 Å². The number of hydrogen-bond acceptors (Lipinski definition) is 3. The number of anilines is 1. The van der Waals surface area contributed by atoms with E-state index < -0.39 is 0 Å². The molecular weight excluding hydrogens is 292 g/mol.